The number of aliphatic hydroxyl groups excluding tert-OH is 2. The van der Waals surface area contributed by atoms with E-state index < -0.39 is 12.2 Å². The lowest BCUT2D eigenvalue weighted by Crippen LogP contribution is -2.31. The smallest absolute Gasteiger partial charge is 0.270 e. The molecule has 2 heterocycles. The van der Waals surface area contributed by atoms with Crippen molar-refractivity contribution >= 4 is 16.8 Å². The molecule has 1 aliphatic rings. The van der Waals surface area contributed by atoms with Crippen molar-refractivity contribution in [1.29, 1.82) is 0 Å². The zero-order valence-electron chi connectivity index (χ0n) is 10.7. The molecule has 0 spiro atoms. The van der Waals surface area contributed by atoms with Crippen LogP contribution >= 0.6 is 0 Å². The van der Waals surface area contributed by atoms with Crippen LogP contribution < -0.4 is 0 Å². The van der Waals surface area contributed by atoms with Gasteiger partial charge in [-0.05, 0) is 12.1 Å². The highest BCUT2D eigenvalue weighted by atomic mass is 16.3. The highest BCUT2D eigenvalue weighted by molar-refractivity contribution is 5.98. The number of aromatic nitrogens is 1. The first-order valence-electron chi connectivity index (χ1n) is 6.28. The minimum Gasteiger partial charge on any atom is -0.388 e. The van der Waals surface area contributed by atoms with E-state index >= 15 is 0 Å². The molecule has 0 bridgehead atoms. The van der Waals surface area contributed by atoms with Crippen molar-refractivity contribution in [3.8, 4) is 0 Å². The maximum atomic E-state index is 12.4. The molecule has 1 aromatic heterocycles. The molecule has 19 heavy (non-hydrogen) atoms. The number of hydrogen-bond acceptors (Lipinski definition) is 3. The Morgan fingerprint density at radius 2 is 1.84 bits per heavy atom. The lowest BCUT2D eigenvalue weighted by molar-refractivity contribution is 0.0572. The first-order valence-corrected chi connectivity index (χ1v) is 6.28. The summed E-state index contributed by atoms with van der Waals surface area (Å²) in [4.78, 5) is 13.9. The summed E-state index contributed by atoms with van der Waals surface area (Å²) in [6, 6.07) is 9.62. The Morgan fingerprint density at radius 1 is 1.21 bits per heavy atom. The molecule has 0 unspecified atom stereocenters. The number of carbonyl (C=O) groups is 1. The molecule has 0 radical (unpaired) electrons. The lowest BCUT2D eigenvalue weighted by Gasteiger charge is -2.15. The van der Waals surface area contributed by atoms with Crippen molar-refractivity contribution in [3.63, 3.8) is 0 Å². The second kappa shape index (κ2) is 4.36. The van der Waals surface area contributed by atoms with E-state index in [4.69, 9.17) is 0 Å². The summed E-state index contributed by atoms with van der Waals surface area (Å²) in [6.07, 6.45) is -1.70. The number of aliphatic hydroxyl groups is 2. The van der Waals surface area contributed by atoms with Gasteiger partial charge in [0.25, 0.3) is 5.91 Å². The van der Waals surface area contributed by atoms with Gasteiger partial charge >= 0.3 is 0 Å². The molecule has 0 saturated carbocycles. The third kappa shape index (κ3) is 1.91. The number of fused-ring (bicyclic) bond motifs is 1. The second-order valence-corrected chi connectivity index (χ2v) is 4.99. The van der Waals surface area contributed by atoms with Gasteiger partial charge in [0.2, 0.25) is 0 Å². The van der Waals surface area contributed by atoms with Gasteiger partial charge in [-0.3, -0.25) is 4.79 Å². The van der Waals surface area contributed by atoms with Crippen LogP contribution in [0, 0.1) is 0 Å². The molecular weight excluding hydrogens is 244 g/mol. The number of likely N-dealkylation sites (tertiary alicyclic amines) is 1. The molecule has 2 atom stereocenters. The van der Waals surface area contributed by atoms with Gasteiger partial charge < -0.3 is 19.7 Å². The van der Waals surface area contributed by atoms with Gasteiger partial charge in [0.15, 0.2) is 0 Å². The van der Waals surface area contributed by atoms with Crippen LogP contribution in [0.25, 0.3) is 10.9 Å². The number of aryl methyl sites for hydroxylation is 1. The maximum absolute atomic E-state index is 12.4. The fourth-order valence-electron chi connectivity index (χ4n) is 2.59. The largest absolute Gasteiger partial charge is 0.388 e. The number of rotatable bonds is 1. The number of benzene rings is 1. The zero-order valence-corrected chi connectivity index (χ0v) is 10.7. The van der Waals surface area contributed by atoms with Crippen molar-refractivity contribution in [2.24, 2.45) is 7.05 Å². The highest BCUT2D eigenvalue weighted by Crippen LogP contribution is 2.21. The molecule has 0 aliphatic carbocycles. The molecule has 2 aromatic rings. The van der Waals surface area contributed by atoms with Gasteiger partial charge in [0.1, 0.15) is 5.69 Å². The quantitative estimate of drug-likeness (QED) is 0.778. The van der Waals surface area contributed by atoms with E-state index in [9.17, 15) is 15.0 Å². The summed E-state index contributed by atoms with van der Waals surface area (Å²) >= 11 is 0. The molecular formula is C14H16N2O3. The van der Waals surface area contributed by atoms with Crippen LogP contribution in [0.5, 0.6) is 0 Å². The minimum absolute atomic E-state index is 0.158. The van der Waals surface area contributed by atoms with Crippen LogP contribution in [0.4, 0.5) is 0 Å². The van der Waals surface area contributed by atoms with Crippen molar-refractivity contribution in [3.05, 3.63) is 36.0 Å². The summed E-state index contributed by atoms with van der Waals surface area (Å²) in [5, 5.41) is 20.1. The number of hydrogen-bond donors (Lipinski definition) is 2. The summed E-state index contributed by atoms with van der Waals surface area (Å²) in [5.41, 5.74) is 1.56. The Kier molecular flexibility index (Phi) is 2.80. The molecule has 1 saturated heterocycles. The van der Waals surface area contributed by atoms with Crippen molar-refractivity contribution < 1.29 is 15.0 Å². The van der Waals surface area contributed by atoms with E-state index in [-0.39, 0.29) is 19.0 Å². The van der Waals surface area contributed by atoms with Gasteiger partial charge in [0, 0.05) is 31.0 Å². The minimum atomic E-state index is -0.848. The number of β-amino-alcohol motifs (C(OH)–C–C–N with tert-alkyl or cyclic N) is 2. The van der Waals surface area contributed by atoms with E-state index in [1.54, 1.807) is 0 Å². The van der Waals surface area contributed by atoms with Crippen LogP contribution in [0.1, 0.15) is 10.5 Å². The maximum Gasteiger partial charge on any atom is 0.270 e. The summed E-state index contributed by atoms with van der Waals surface area (Å²) in [6.45, 7) is 0.364. The predicted molar refractivity (Wildman–Crippen MR) is 70.8 cm³/mol. The van der Waals surface area contributed by atoms with E-state index in [0.29, 0.717) is 5.69 Å². The monoisotopic (exact) mass is 260 g/mol. The fraction of sp³-hybridized carbons (Fsp3) is 0.357. The van der Waals surface area contributed by atoms with Gasteiger partial charge in [-0.15, -0.1) is 0 Å². The average Bonchev–Trinajstić information content (AvgIpc) is 2.91. The zero-order chi connectivity index (χ0) is 13.6. The van der Waals surface area contributed by atoms with E-state index in [1.807, 2.05) is 41.9 Å². The molecule has 5 heteroatoms. The lowest BCUT2D eigenvalue weighted by atomic mass is 10.2. The Hall–Kier alpha value is -1.85. The summed E-state index contributed by atoms with van der Waals surface area (Å²) in [5.74, 6) is -0.158. The Morgan fingerprint density at radius 3 is 2.47 bits per heavy atom. The highest BCUT2D eigenvalue weighted by Gasteiger charge is 2.33. The number of amides is 1. The second-order valence-electron chi connectivity index (χ2n) is 4.99. The first kappa shape index (κ1) is 12.2. The van der Waals surface area contributed by atoms with E-state index in [1.165, 1.54) is 4.90 Å². The fourth-order valence-corrected chi connectivity index (χ4v) is 2.59. The Labute approximate surface area is 110 Å². The van der Waals surface area contributed by atoms with Crippen LogP contribution in [0.3, 0.4) is 0 Å². The molecule has 1 amide bonds. The van der Waals surface area contributed by atoms with Crippen LogP contribution in [0.2, 0.25) is 0 Å². The van der Waals surface area contributed by atoms with Gasteiger partial charge in [-0.2, -0.15) is 0 Å². The normalized spacial score (nSPS) is 23.2. The predicted octanol–water partition coefficient (Wildman–Crippen LogP) is 0.356. The summed E-state index contributed by atoms with van der Waals surface area (Å²) in [7, 11) is 1.85. The third-order valence-corrected chi connectivity index (χ3v) is 3.72. The Balaban J connectivity index is 1.96. The van der Waals surface area contributed by atoms with Crippen molar-refractivity contribution in [2.75, 3.05) is 13.1 Å². The van der Waals surface area contributed by atoms with Crippen LogP contribution in [-0.4, -0.2) is 50.9 Å². The van der Waals surface area contributed by atoms with Gasteiger partial charge in [0.05, 0.1) is 12.2 Å². The standard InChI is InChI=1S/C14H16N2O3/c1-15-10-5-3-2-4-9(10)6-11(15)14(19)16-7-12(17)13(18)8-16/h2-6,12-13,17-18H,7-8H2,1H3/t12-,13-/m1/s1. The van der Waals surface area contributed by atoms with Crippen LogP contribution in [0.15, 0.2) is 30.3 Å². The number of para-hydroxylation sites is 1. The molecule has 5 nitrogen and oxygen atoms in total. The molecule has 2 N–H and O–H groups in total. The molecule has 1 fully saturated rings. The van der Waals surface area contributed by atoms with Gasteiger partial charge in [-0.1, -0.05) is 18.2 Å². The molecule has 1 aliphatic heterocycles. The van der Waals surface area contributed by atoms with Crippen LogP contribution in [-0.2, 0) is 7.05 Å². The first-order chi connectivity index (χ1) is 9.08. The number of carbonyl (C=O) groups excluding carboxylic acids is 1. The average molecular weight is 260 g/mol. The topological polar surface area (TPSA) is 65.7 Å². The third-order valence-electron chi connectivity index (χ3n) is 3.72. The Bertz CT molecular complexity index is 625. The van der Waals surface area contributed by atoms with E-state index in [0.717, 1.165) is 10.9 Å². The SMILES string of the molecule is Cn1c(C(=O)N2C[C@@H](O)[C@H](O)C2)cc2ccccc21. The van der Waals surface area contributed by atoms with Gasteiger partial charge in [-0.25, -0.2) is 0 Å². The molecule has 100 valence electrons. The summed E-state index contributed by atoms with van der Waals surface area (Å²) < 4.78 is 1.84. The van der Waals surface area contributed by atoms with Crippen molar-refractivity contribution in [2.45, 2.75) is 12.2 Å². The van der Waals surface area contributed by atoms with E-state index in [2.05, 4.69) is 0 Å². The van der Waals surface area contributed by atoms with Crippen molar-refractivity contribution in [1.82, 2.24) is 9.47 Å². The molecule has 3 rings (SSSR count). The molecule has 1 aromatic carbocycles. The number of nitrogens with zero attached hydrogens (tertiary/aromatic N) is 2.